The predicted molar refractivity (Wildman–Crippen MR) is 116 cm³/mol. The van der Waals surface area contributed by atoms with Gasteiger partial charge >= 0.3 is 0 Å². The van der Waals surface area contributed by atoms with Crippen LogP contribution in [0.2, 0.25) is 0 Å². The van der Waals surface area contributed by atoms with Crippen molar-refractivity contribution >= 4 is 28.1 Å². The second kappa shape index (κ2) is 7.18. The quantitative estimate of drug-likeness (QED) is 0.480. The van der Waals surface area contributed by atoms with E-state index in [2.05, 4.69) is 33.4 Å². The van der Waals surface area contributed by atoms with Crippen LogP contribution in [-0.4, -0.2) is 31.5 Å². The Morgan fingerprint density at radius 3 is 2.72 bits per heavy atom. The number of aliphatic hydroxyl groups excluding tert-OH is 1. The Morgan fingerprint density at radius 2 is 1.97 bits per heavy atom. The zero-order chi connectivity index (χ0) is 20.6. The van der Waals surface area contributed by atoms with E-state index in [1.807, 2.05) is 50.4 Å². The summed E-state index contributed by atoms with van der Waals surface area (Å²) in [5.41, 5.74) is 9.56. The first-order chi connectivity index (χ1) is 13.9. The first-order valence-electron chi connectivity index (χ1n) is 9.43. The molecule has 0 bridgehead atoms. The van der Waals surface area contributed by atoms with Crippen molar-refractivity contribution in [3.63, 3.8) is 0 Å². The molecule has 4 aromatic rings. The average Bonchev–Trinajstić information content (AvgIpc) is 3.17. The van der Waals surface area contributed by atoms with E-state index in [-0.39, 0.29) is 6.61 Å². The van der Waals surface area contributed by atoms with Crippen molar-refractivity contribution in [3.8, 4) is 11.3 Å². The molecule has 0 amide bonds. The molecule has 4 rings (SSSR count). The Balaban J connectivity index is 1.70. The van der Waals surface area contributed by atoms with Crippen LogP contribution in [0.15, 0.2) is 55.0 Å². The minimum Gasteiger partial charge on any atom is -0.394 e. The number of nitrogens with zero attached hydrogens (tertiary/aromatic N) is 4. The lowest BCUT2D eigenvalue weighted by molar-refractivity contribution is 0.152. The zero-order valence-electron chi connectivity index (χ0n) is 16.7. The number of benzene rings is 1. The number of anilines is 3. The Kier molecular flexibility index (Phi) is 4.68. The van der Waals surface area contributed by atoms with Gasteiger partial charge in [0.15, 0.2) is 0 Å². The molecule has 148 valence electrons. The van der Waals surface area contributed by atoms with Crippen LogP contribution < -0.4 is 11.1 Å². The third-order valence-corrected chi connectivity index (χ3v) is 5.03. The van der Waals surface area contributed by atoms with Gasteiger partial charge in [-0.1, -0.05) is 24.3 Å². The third-order valence-electron chi connectivity index (χ3n) is 5.03. The fraction of sp³-hybridized carbons (Fsp3) is 0.227. The topological polar surface area (TPSA) is 102 Å². The molecule has 4 N–H and O–H groups in total. The van der Waals surface area contributed by atoms with Gasteiger partial charge < -0.3 is 16.2 Å². The van der Waals surface area contributed by atoms with E-state index < -0.39 is 5.54 Å². The first-order valence-corrected chi connectivity index (χ1v) is 9.43. The van der Waals surface area contributed by atoms with E-state index in [9.17, 15) is 5.11 Å². The van der Waals surface area contributed by atoms with Crippen molar-refractivity contribution in [2.24, 2.45) is 0 Å². The van der Waals surface area contributed by atoms with Crippen molar-refractivity contribution < 1.29 is 5.11 Å². The number of rotatable bonds is 5. The molecule has 0 aliphatic heterocycles. The number of hydrogen-bond donors (Lipinski definition) is 3. The molecular formula is C22H24N6O. The van der Waals surface area contributed by atoms with E-state index in [0.717, 1.165) is 33.3 Å². The molecule has 1 aromatic carbocycles. The monoisotopic (exact) mass is 388 g/mol. The minimum atomic E-state index is -0.473. The summed E-state index contributed by atoms with van der Waals surface area (Å²) in [4.78, 5) is 9.02. The molecule has 3 aromatic heterocycles. The molecule has 0 unspecified atom stereocenters. The number of nitrogen functional groups attached to an aromatic ring is 1. The highest BCUT2D eigenvalue weighted by Crippen LogP contribution is 2.29. The van der Waals surface area contributed by atoms with Gasteiger partial charge in [-0.2, -0.15) is 5.10 Å². The van der Waals surface area contributed by atoms with Crippen molar-refractivity contribution in [3.05, 3.63) is 60.6 Å². The molecule has 0 atom stereocenters. The number of nitrogens with one attached hydrogen (secondary N) is 1. The summed E-state index contributed by atoms with van der Waals surface area (Å²) < 4.78 is 1.73. The van der Waals surface area contributed by atoms with Crippen LogP contribution in [0.1, 0.15) is 19.4 Å². The highest BCUT2D eigenvalue weighted by molar-refractivity contribution is 5.94. The first kappa shape index (κ1) is 18.9. The molecule has 0 spiro atoms. The standard InChI is InChI=1S/C22H24N6O/c1-14-6-4-5-7-17(14)19-8-15-9-20(24-11-18(15)21(23)27-19)26-16-10-25-28(12-16)22(2,3)13-29/h4-12,29H,13H2,1-3H3,(H2,23,27)(H,24,26). The fourth-order valence-corrected chi connectivity index (χ4v) is 3.18. The highest BCUT2D eigenvalue weighted by atomic mass is 16.3. The van der Waals surface area contributed by atoms with Gasteiger partial charge in [-0.25, -0.2) is 9.97 Å². The minimum absolute atomic E-state index is 0.00367. The van der Waals surface area contributed by atoms with Crippen LogP contribution >= 0.6 is 0 Å². The molecule has 7 nitrogen and oxygen atoms in total. The molecule has 3 heterocycles. The van der Waals surface area contributed by atoms with Gasteiger partial charge in [0.2, 0.25) is 0 Å². The SMILES string of the molecule is Cc1ccccc1-c1cc2cc(Nc3cnn(C(C)(C)CO)c3)ncc2c(N)n1. The van der Waals surface area contributed by atoms with Crippen molar-refractivity contribution in [1.82, 2.24) is 19.7 Å². The second-order valence-corrected chi connectivity index (χ2v) is 7.77. The Hall–Kier alpha value is -3.45. The van der Waals surface area contributed by atoms with E-state index >= 15 is 0 Å². The number of nitrogens with two attached hydrogens (primary N) is 1. The van der Waals surface area contributed by atoms with Crippen LogP contribution in [-0.2, 0) is 5.54 Å². The van der Waals surface area contributed by atoms with Gasteiger partial charge in [0.05, 0.1) is 29.7 Å². The van der Waals surface area contributed by atoms with E-state index in [1.165, 1.54) is 0 Å². The summed E-state index contributed by atoms with van der Waals surface area (Å²) in [6.45, 7) is 5.89. The normalized spacial score (nSPS) is 11.7. The number of hydrogen-bond acceptors (Lipinski definition) is 6. The molecular weight excluding hydrogens is 364 g/mol. The average molecular weight is 388 g/mol. The van der Waals surface area contributed by atoms with Crippen molar-refractivity contribution in [1.29, 1.82) is 0 Å². The lowest BCUT2D eigenvalue weighted by atomic mass is 10.0. The van der Waals surface area contributed by atoms with Crippen molar-refractivity contribution in [2.75, 3.05) is 17.7 Å². The van der Waals surface area contributed by atoms with Crippen LogP contribution in [0, 0.1) is 6.92 Å². The smallest absolute Gasteiger partial charge is 0.133 e. The molecule has 0 aliphatic carbocycles. The van der Waals surface area contributed by atoms with Crippen LogP contribution in [0.3, 0.4) is 0 Å². The van der Waals surface area contributed by atoms with Gasteiger partial charge in [0.1, 0.15) is 11.6 Å². The zero-order valence-corrected chi connectivity index (χ0v) is 16.7. The number of aryl methyl sites for hydroxylation is 1. The Bertz CT molecular complexity index is 1180. The fourth-order valence-electron chi connectivity index (χ4n) is 3.18. The maximum Gasteiger partial charge on any atom is 0.133 e. The van der Waals surface area contributed by atoms with E-state index in [0.29, 0.717) is 11.6 Å². The Morgan fingerprint density at radius 1 is 1.17 bits per heavy atom. The van der Waals surface area contributed by atoms with E-state index in [1.54, 1.807) is 17.1 Å². The summed E-state index contributed by atoms with van der Waals surface area (Å²) in [5.74, 6) is 1.14. The number of aliphatic hydroxyl groups is 1. The maximum absolute atomic E-state index is 9.52. The summed E-state index contributed by atoms with van der Waals surface area (Å²) in [7, 11) is 0. The number of aromatic nitrogens is 4. The largest absolute Gasteiger partial charge is 0.394 e. The molecule has 0 saturated carbocycles. The lowest BCUT2D eigenvalue weighted by Gasteiger charge is -2.21. The van der Waals surface area contributed by atoms with Crippen LogP contribution in [0.4, 0.5) is 17.3 Å². The summed E-state index contributed by atoms with van der Waals surface area (Å²) in [5, 5.41) is 18.9. The molecule has 0 fully saturated rings. The Labute approximate surface area is 169 Å². The van der Waals surface area contributed by atoms with Crippen molar-refractivity contribution in [2.45, 2.75) is 26.3 Å². The maximum atomic E-state index is 9.52. The summed E-state index contributed by atoms with van der Waals surface area (Å²) >= 11 is 0. The van der Waals surface area contributed by atoms with Gasteiger partial charge in [-0.05, 0) is 43.9 Å². The molecule has 29 heavy (non-hydrogen) atoms. The van der Waals surface area contributed by atoms with Gasteiger partial charge in [-0.3, -0.25) is 4.68 Å². The summed E-state index contributed by atoms with van der Waals surface area (Å²) in [6, 6.07) is 12.1. The second-order valence-electron chi connectivity index (χ2n) is 7.77. The van der Waals surface area contributed by atoms with Gasteiger partial charge in [-0.15, -0.1) is 0 Å². The molecule has 0 saturated heterocycles. The van der Waals surface area contributed by atoms with Gasteiger partial charge in [0, 0.05) is 23.3 Å². The van der Waals surface area contributed by atoms with Crippen LogP contribution in [0.25, 0.3) is 22.0 Å². The molecule has 0 aliphatic rings. The van der Waals surface area contributed by atoms with Gasteiger partial charge in [0.25, 0.3) is 0 Å². The third kappa shape index (κ3) is 3.64. The van der Waals surface area contributed by atoms with E-state index in [4.69, 9.17) is 5.73 Å². The molecule has 0 radical (unpaired) electrons. The predicted octanol–water partition coefficient (Wildman–Crippen LogP) is 3.85. The molecule has 7 heteroatoms. The summed E-state index contributed by atoms with van der Waals surface area (Å²) in [6.07, 6.45) is 5.29. The van der Waals surface area contributed by atoms with Crippen LogP contribution in [0.5, 0.6) is 0 Å². The highest BCUT2D eigenvalue weighted by Gasteiger charge is 2.20. The number of pyridine rings is 2. The number of fused-ring (bicyclic) bond motifs is 1. The lowest BCUT2D eigenvalue weighted by Crippen LogP contribution is -2.30.